The fourth-order valence-electron chi connectivity index (χ4n) is 5.52. The van der Waals surface area contributed by atoms with Gasteiger partial charge in [0.1, 0.15) is 12.4 Å². The molecule has 1 aromatic heterocycles. The molecule has 146 valence electrons. The summed E-state index contributed by atoms with van der Waals surface area (Å²) in [6.45, 7) is 5.19. The number of aryl methyl sites for hydroxylation is 2. The zero-order chi connectivity index (χ0) is 19.1. The third-order valence-corrected chi connectivity index (χ3v) is 7.09. The van der Waals surface area contributed by atoms with E-state index in [9.17, 15) is 0 Å². The maximum absolute atomic E-state index is 6.19. The molecule has 0 aliphatic heterocycles. The van der Waals surface area contributed by atoms with Crippen LogP contribution in [0.2, 0.25) is 0 Å². The summed E-state index contributed by atoms with van der Waals surface area (Å²) in [6.07, 6.45) is 9.19. The largest absolute Gasteiger partial charge is 0.489 e. The molecule has 1 saturated carbocycles. The lowest BCUT2D eigenvalue weighted by atomic mass is 9.92. The normalized spacial score (nSPS) is 19.4. The number of benzene rings is 2. The molecule has 1 heterocycles. The number of hydrogen-bond acceptors (Lipinski definition) is 1. The predicted molar refractivity (Wildman–Crippen MR) is 116 cm³/mol. The molecule has 0 spiro atoms. The van der Waals surface area contributed by atoms with Gasteiger partial charge in [-0.3, -0.25) is 0 Å². The van der Waals surface area contributed by atoms with Crippen molar-refractivity contribution in [1.29, 1.82) is 0 Å². The molecule has 3 aromatic rings. The van der Waals surface area contributed by atoms with Crippen LogP contribution in [0.4, 0.5) is 0 Å². The van der Waals surface area contributed by atoms with Gasteiger partial charge in [-0.1, -0.05) is 38.0 Å². The summed E-state index contributed by atoms with van der Waals surface area (Å²) in [5, 5.41) is 1.36. The summed E-state index contributed by atoms with van der Waals surface area (Å²) in [7, 11) is 0. The number of ether oxygens (including phenoxy) is 1. The van der Waals surface area contributed by atoms with E-state index < -0.39 is 0 Å². The van der Waals surface area contributed by atoms with Gasteiger partial charge in [0.05, 0.1) is 0 Å². The molecule has 0 saturated heterocycles. The second kappa shape index (κ2) is 7.31. The Balaban J connectivity index is 1.33. The molecule has 0 unspecified atom stereocenters. The van der Waals surface area contributed by atoms with E-state index >= 15 is 0 Å². The minimum Gasteiger partial charge on any atom is -0.489 e. The Morgan fingerprint density at radius 1 is 1.04 bits per heavy atom. The van der Waals surface area contributed by atoms with E-state index in [2.05, 4.69) is 55.2 Å². The van der Waals surface area contributed by atoms with E-state index in [1.54, 1.807) is 5.56 Å². The summed E-state index contributed by atoms with van der Waals surface area (Å²) < 4.78 is 6.19. The summed E-state index contributed by atoms with van der Waals surface area (Å²) >= 11 is 0. The van der Waals surface area contributed by atoms with Gasteiger partial charge in [-0.25, -0.2) is 0 Å². The predicted octanol–water partition coefficient (Wildman–Crippen LogP) is 7.15. The Hall–Kier alpha value is -2.22. The van der Waals surface area contributed by atoms with Gasteiger partial charge in [-0.2, -0.15) is 0 Å². The van der Waals surface area contributed by atoms with Gasteiger partial charge in [-0.15, -0.1) is 0 Å². The number of rotatable bonds is 5. The molecule has 2 heteroatoms. The van der Waals surface area contributed by atoms with Gasteiger partial charge in [0.25, 0.3) is 0 Å². The van der Waals surface area contributed by atoms with Crippen LogP contribution in [0, 0.1) is 6.92 Å². The van der Waals surface area contributed by atoms with Gasteiger partial charge >= 0.3 is 0 Å². The number of aromatic nitrogens is 1. The molecule has 0 radical (unpaired) electrons. The van der Waals surface area contributed by atoms with Crippen molar-refractivity contribution in [2.24, 2.45) is 0 Å². The van der Waals surface area contributed by atoms with Crippen LogP contribution in [0.15, 0.2) is 36.4 Å². The lowest BCUT2D eigenvalue weighted by Gasteiger charge is -2.15. The standard InChI is InChI=1S/C26H31NO/c1-3-19-9-12-23-24-15-21(10-13-25(24)27-26(19)23)28-16-18-8-11-22(17(2)14-18)20-6-4-5-7-20/h8,10-11,13-15,19-20,27H,3-7,9,12,16H2,1-2H3/t19-/m0/s1. The van der Waals surface area contributed by atoms with Crippen LogP contribution in [-0.2, 0) is 13.0 Å². The molecule has 1 N–H and O–H groups in total. The highest BCUT2D eigenvalue weighted by Crippen LogP contribution is 2.40. The van der Waals surface area contributed by atoms with Crippen molar-refractivity contribution in [3.8, 4) is 5.75 Å². The lowest BCUT2D eigenvalue weighted by molar-refractivity contribution is 0.306. The van der Waals surface area contributed by atoms with E-state index in [4.69, 9.17) is 4.74 Å². The van der Waals surface area contributed by atoms with Gasteiger partial charge in [0.2, 0.25) is 0 Å². The second-order valence-corrected chi connectivity index (χ2v) is 8.83. The Labute approximate surface area is 168 Å². The summed E-state index contributed by atoms with van der Waals surface area (Å²) in [4.78, 5) is 3.66. The van der Waals surface area contributed by atoms with Crippen LogP contribution in [0.25, 0.3) is 10.9 Å². The molecule has 2 aliphatic rings. The zero-order valence-corrected chi connectivity index (χ0v) is 17.2. The number of H-pyrrole nitrogens is 1. The molecule has 2 aromatic carbocycles. The maximum Gasteiger partial charge on any atom is 0.120 e. The van der Waals surface area contributed by atoms with Gasteiger partial charge < -0.3 is 9.72 Å². The van der Waals surface area contributed by atoms with Crippen molar-refractivity contribution in [2.45, 2.75) is 77.2 Å². The van der Waals surface area contributed by atoms with Crippen molar-refractivity contribution in [2.75, 3.05) is 0 Å². The first-order valence-corrected chi connectivity index (χ1v) is 11.1. The van der Waals surface area contributed by atoms with Crippen molar-refractivity contribution in [3.63, 3.8) is 0 Å². The third-order valence-electron chi connectivity index (χ3n) is 7.09. The van der Waals surface area contributed by atoms with Crippen molar-refractivity contribution in [1.82, 2.24) is 4.98 Å². The Morgan fingerprint density at radius 2 is 1.89 bits per heavy atom. The molecule has 2 aliphatic carbocycles. The molecule has 28 heavy (non-hydrogen) atoms. The van der Waals surface area contributed by atoms with Crippen molar-refractivity contribution in [3.05, 3.63) is 64.3 Å². The minimum atomic E-state index is 0.640. The zero-order valence-electron chi connectivity index (χ0n) is 17.2. The molecule has 1 atom stereocenters. The van der Waals surface area contributed by atoms with Gasteiger partial charge in [0.15, 0.2) is 0 Å². The molecule has 0 bridgehead atoms. The maximum atomic E-state index is 6.19. The summed E-state index contributed by atoms with van der Waals surface area (Å²) in [5.41, 5.74) is 8.49. The van der Waals surface area contributed by atoms with Crippen LogP contribution in [0.3, 0.4) is 0 Å². The van der Waals surface area contributed by atoms with E-state index in [1.165, 1.54) is 78.2 Å². The fraction of sp³-hybridized carbons (Fsp3) is 0.462. The first-order chi connectivity index (χ1) is 13.7. The number of hydrogen-bond donors (Lipinski definition) is 1. The highest BCUT2D eigenvalue weighted by atomic mass is 16.5. The van der Waals surface area contributed by atoms with E-state index in [1.807, 2.05) is 0 Å². The molecule has 1 fully saturated rings. The fourth-order valence-corrected chi connectivity index (χ4v) is 5.52. The SMILES string of the molecule is CC[C@H]1CCc2c1[nH]c1ccc(OCc3ccc(C4CCCC4)c(C)c3)cc21. The molecule has 2 nitrogen and oxygen atoms in total. The summed E-state index contributed by atoms with van der Waals surface area (Å²) in [6, 6.07) is 13.5. The Kier molecular flexibility index (Phi) is 4.66. The van der Waals surface area contributed by atoms with E-state index in [0.29, 0.717) is 12.5 Å². The third kappa shape index (κ3) is 3.13. The first kappa shape index (κ1) is 17.8. The van der Waals surface area contributed by atoms with Crippen molar-refractivity contribution >= 4 is 10.9 Å². The van der Waals surface area contributed by atoms with Gasteiger partial charge in [0, 0.05) is 16.6 Å². The summed E-state index contributed by atoms with van der Waals surface area (Å²) in [5.74, 6) is 2.46. The highest BCUT2D eigenvalue weighted by molar-refractivity contribution is 5.86. The monoisotopic (exact) mass is 373 g/mol. The van der Waals surface area contributed by atoms with Crippen molar-refractivity contribution < 1.29 is 4.74 Å². The lowest BCUT2D eigenvalue weighted by Crippen LogP contribution is -2.00. The van der Waals surface area contributed by atoms with Crippen LogP contribution in [0.5, 0.6) is 5.75 Å². The highest BCUT2D eigenvalue weighted by Gasteiger charge is 2.25. The van der Waals surface area contributed by atoms with E-state index in [0.717, 1.165) is 11.7 Å². The molecule has 5 rings (SSSR count). The van der Waals surface area contributed by atoms with Crippen LogP contribution < -0.4 is 4.74 Å². The average molecular weight is 374 g/mol. The molecular weight excluding hydrogens is 342 g/mol. The average Bonchev–Trinajstić information content (AvgIpc) is 3.43. The molecular formula is C26H31NO. The first-order valence-electron chi connectivity index (χ1n) is 11.1. The number of nitrogens with one attached hydrogen (secondary N) is 1. The Bertz CT molecular complexity index is 993. The minimum absolute atomic E-state index is 0.640. The Morgan fingerprint density at radius 3 is 2.68 bits per heavy atom. The molecule has 0 amide bonds. The second-order valence-electron chi connectivity index (χ2n) is 8.83. The van der Waals surface area contributed by atoms with Crippen LogP contribution in [-0.4, -0.2) is 4.98 Å². The number of fused-ring (bicyclic) bond motifs is 3. The van der Waals surface area contributed by atoms with Crippen LogP contribution in [0.1, 0.15) is 85.2 Å². The number of aromatic amines is 1. The quantitative estimate of drug-likeness (QED) is 0.504. The van der Waals surface area contributed by atoms with Gasteiger partial charge in [-0.05, 0) is 91.3 Å². The van der Waals surface area contributed by atoms with Crippen LogP contribution >= 0.6 is 0 Å². The smallest absolute Gasteiger partial charge is 0.120 e. The van der Waals surface area contributed by atoms with E-state index in [-0.39, 0.29) is 0 Å². The topological polar surface area (TPSA) is 25.0 Å².